The zero-order chi connectivity index (χ0) is 31.9. The number of anilines is 2. The second-order valence-electron chi connectivity index (χ2n) is 11.7. The topological polar surface area (TPSA) is 83.9 Å². The summed E-state index contributed by atoms with van der Waals surface area (Å²) in [6.45, 7) is 5.66. The van der Waals surface area contributed by atoms with Crippen molar-refractivity contribution >= 4 is 83.5 Å². The van der Waals surface area contributed by atoms with Gasteiger partial charge in [0, 0.05) is 34.4 Å². The Hall–Kier alpha value is -3.51. The molecule has 0 amide bonds. The quantitative estimate of drug-likeness (QED) is 0.167. The van der Waals surface area contributed by atoms with E-state index >= 15 is 0 Å². The van der Waals surface area contributed by atoms with Crippen molar-refractivity contribution in [2.75, 3.05) is 22.9 Å². The second-order valence-corrected chi connectivity index (χ2v) is 14.4. The Morgan fingerprint density at radius 3 is 1.61 bits per heavy atom. The van der Waals surface area contributed by atoms with Crippen LogP contribution in [0, 0.1) is 0 Å². The molecule has 4 aromatic heterocycles. The van der Waals surface area contributed by atoms with Crippen LogP contribution in [-0.2, 0) is 12.8 Å². The van der Waals surface area contributed by atoms with Crippen LogP contribution in [0.2, 0.25) is 10.0 Å². The fraction of sp³-hybridized carbons (Fsp3) is 0.242. The largest absolute Gasteiger partial charge is 0.359 e. The molecule has 2 aliphatic rings. The van der Waals surface area contributed by atoms with Crippen molar-refractivity contribution in [3.63, 3.8) is 0 Å². The van der Waals surface area contributed by atoms with Gasteiger partial charge < -0.3 is 9.80 Å². The molecule has 0 saturated carbocycles. The van der Waals surface area contributed by atoms with Gasteiger partial charge in [0.2, 0.25) is 5.78 Å². The zero-order valence-electron chi connectivity index (χ0n) is 24.8. The molecule has 9 nitrogen and oxygen atoms in total. The van der Waals surface area contributed by atoms with Crippen LogP contribution in [0.3, 0.4) is 0 Å². The number of nitrogens with zero attached hydrogens (tertiary/aromatic N) is 8. The van der Waals surface area contributed by atoms with Crippen LogP contribution in [0.5, 0.6) is 0 Å². The average Bonchev–Trinajstić information content (AvgIpc) is 3.60. The molecule has 2 unspecified atom stereocenters. The van der Waals surface area contributed by atoms with Gasteiger partial charge in [0.15, 0.2) is 22.7 Å². The van der Waals surface area contributed by atoms with E-state index in [1.807, 2.05) is 0 Å². The molecule has 0 aliphatic carbocycles. The van der Waals surface area contributed by atoms with Crippen LogP contribution in [-0.4, -0.2) is 48.1 Å². The first kappa shape index (κ1) is 29.9. The first-order valence-electron chi connectivity index (χ1n) is 14.9. The van der Waals surface area contributed by atoms with Gasteiger partial charge in [0.05, 0.1) is 34.5 Å². The third kappa shape index (κ3) is 4.82. The molecule has 232 valence electrons. The average molecular weight is 781 g/mol. The van der Waals surface area contributed by atoms with E-state index < -0.39 is 0 Å². The molecule has 8 rings (SSSR count). The number of carbonyl (C=O) groups is 1. The van der Waals surface area contributed by atoms with E-state index in [-0.39, 0.29) is 29.3 Å². The van der Waals surface area contributed by atoms with Crippen molar-refractivity contribution in [1.29, 1.82) is 0 Å². The number of fused-ring (bicyclic) bond motifs is 4. The summed E-state index contributed by atoms with van der Waals surface area (Å²) < 4.78 is 5.20. The van der Waals surface area contributed by atoms with Gasteiger partial charge in [-0.05, 0) is 73.2 Å². The van der Waals surface area contributed by atoms with Crippen molar-refractivity contribution in [2.45, 2.75) is 38.8 Å². The number of halogens is 4. The van der Waals surface area contributed by atoms with E-state index in [1.165, 1.54) is 22.3 Å². The predicted molar refractivity (Wildman–Crippen MR) is 187 cm³/mol. The highest BCUT2D eigenvalue weighted by atomic mass is 79.9. The highest BCUT2D eigenvalue weighted by Crippen LogP contribution is 2.42. The lowest BCUT2D eigenvalue weighted by Gasteiger charge is -2.37. The lowest BCUT2D eigenvalue weighted by molar-refractivity contribution is 0.103. The first-order valence-corrected chi connectivity index (χ1v) is 17.2. The minimum Gasteiger partial charge on any atom is -0.359 e. The van der Waals surface area contributed by atoms with Crippen LogP contribution in [0.15, 0.2) is 70.1 Å². The summed E-state index contributed by atoms with van der Waals surface area (Å²) in [4.78, 5) is 28.7. The third-order valence-corrected chi connectivity index (χ3v) is 10.5. The van der Waals surface area contributed by atoms with Gasteiger partial charge in [-0.3, -0.25) is 4.79 Å². The first-order chi connectivity index (χ1) is 22.2. The molecule has 0 N–H and O–H groups in total. The Morgan fingerprint density at radius 2 is 1.17 bits per heavy atom. The van der Waals surface area contributed by atoms with E-state index in [9.17, 15) is 4.79 Å². The summed E-state index contributed by atoms with van der Waals surface area (Å²) in [7, 11) is 0. The van der Waals surface area contributed by atoms with Crippen LogP contribution >= 0.6 is 55.1 Å². The van der Waals surface area contributed by atoms with E-state index in [0.29, 0.717) is 45.8 Å². The number of hydrogen-bond acceptors (Lipinski definition) is 7. The van der Waals surface area contributed by atoms with Gasteiger partial charge in [-0.15, -0.1) is 0 Å². The van der Waals surface area contributed by atoms with Crippen molar-refractivity contribution in [3.05, 3.63) is 114 Å². The zero-order valence-corrected chi connectivity index (χ0v) is 29.4. The number of carbonyl (C=O) groups excluding carboxylic acids is 1. The van der Waals surface area contributed by atoms with E-state index in [1.54, 1.807) is 33.8 Å². The summed E-state index contributed by atoms with van der Waals surface area (Å²) in [6, 6.07) is 12.7. The fourth-order valence-electron chi connectivity index (χ4n) is 6.93. The maximum absolute atomic E-state index is 15.0. The van der Waals surface area contributed by atoms with Crippen LogP contribution in [0.25, 0.3) is 11.3 Å². The molecule has 0 radical (unpaired) electrons. The standard InChI is InChI=1S/C33H26Br2Cl2N8O/c1-17-25-11-21(34)5-3-19(25)7-9-42(17)29-27(40-44-15-23(36)13-38-32(29)44)31(46)28-30(33-39-14-24(37)16-45(33)41-28)43-10-8-20-4-6-22(35)12-26(20)18(43)2/h3-6,11-18H,7-10H2,1-2H3. The summed E-state index contributed by atoms with van der Waals surface area (Å²) in [6.07, 6.45) is 8.15. The van der Waals surface area contributed by atoms with Gasteiger partial charge in [-0.2, -0.15) is 10.2 Å². The maximum atomic E-state index is 15.0. The second kappa shape index (κ2) is 11.3. The Morgan fingerprint density at radius 1 is 0.739 bits per heavy atom. The van der Waals surface area contributed by atoms with Crippen LogP contribution in [0.4, 0.5) is 11.4 Å². The van der Waals surface area contributed by atoms with E-state index in [2.05, 4.69) is 102 Å². The molecule has 6 aromatic rings. The highest BCUT2D eigenvalue weighted by Gasteiger charge is 2.37. The molecule has 13 heteroatoms. The summed E-state index contributed by atoms with van der Waals surface area (Å²) in [5, 5.41) is 10.5. The minimum absolute atomic E-state index is 0.0450. The smallest absolute Gasteiger partial charge is 0.237 e. The van der Waals surface area contributed by atoms with Gasteiger partial charge in [-0.1, -0.05) is 67.2 Å². The summed E-state index contributed by atoms with van der Waals surface area (Å²) in [5.74, 6) is -0.326. The van der Waals surface area contributed by atoms with Crippen molar-refractivity contribution in [2.24, 2.45) is 0 Å². The Balaban J connectivity index is 1.31. The van der Waals surface area contributed by atoms with Crippen molar-refractivity contribution in [3.8, 4) is 0 Å². The molecule has 0 fully saturated rings. The number of benzene rings is 2. The fourth-order valence-corrected chi connectivity index (χ4v) is 7.97. The SMILES string of the molecule is CC1c2cc(Br)ccc2CCN1c1c(C(=O)c2nn3cc(Cl)cnc3c2N2CCc3ccc(Br)cc3C2C)nn2cc(Cl)cnc12. The number of rotatable bonds is 4. The van der Waals surface area contributed by atoms with Crippen LogP contribution < -0.4 is 9.80 Å². The van der Waals surface area contributed by atoms with Crippen molar-refractivity contribution in [1.82, 2.24) is 29.2 Å². The van der Waals surface area contributed by atoms with Gasteiger partial charge >= 0.3 is 0 Å². The third-order valence-electron chi connectivity index (χ3n) is 9.13. The Labute approximate surface area is 291 Å². The molecule has 2 atom stereocenters. The summed E-state index contributed by atoms with van der Waals surface area (Å²) >= 11 is 20.0. The van der Waals surface area contributed by atoms with Gasteiger partial charge in [0.25, 0.3) is 0 Å². The van der Waals surface area contributed by atoms with E-state index in [0.717, 1.165) is 21.8 Å². The molecule has 0 saturated heterocycles. The molecule has 6 heterocycles. The lowest BCUT2D eigenvalue weighted by Crippen LogP contribution is -2.36. The number of aromatic nitrogens is 6. The predicted octanol–water partition coefficient (Wildman–Crippen LogP) is 8.08. The van der Waals surface area contributed by atoms with Crippen LogP contribution in [0.1, 0.15) is 64.4 Å². The number of hydrogen-bond donors (Lipinski definition) is 0. The molecule has 0 spiro atoms. The number of ketones is 1. The minimum atomic E-state index is -0.326. The molecular formula is C33H26Br2Cl2N8O. The van der Waals surface area contributed by atoms with E-state index in [4.69, 9.17) is 33.4 Å². The Bertz CT molecular complexity index is 2060. The molecule has 2 aliphatic heterocycles. The normalized spacial score (nSPS) is 17.9. The van der Waals surface area contributed by atoms with Gasteiger partial charge in [-0.25, -0.2) is 19.0 Å². The molecular weight excluding hydrogens is 755 g/mol. The Kier molecular flexibility index (Phi) is 7.35. The lowest BCUT2D eigenvalue weighted by atomic mass is 9.92. The van der Waals surface area contributed by atoms with Crippen molar-refractivity contribution < 1.29 is 4.79 Å². The maximum Gasteiger partial charge on any atom is 0.237 e. The molecule has 2 aromatic carbocycles. The van der Waals surface area contributed by atoms with Gasteiger partial charge in [0.1, 0.15) is 11.4 Å². The highest BCUT2D eigenvalue weighted by molar-refractivity contribution is 9.10. The molecule has 0 bridgehead atoms. The summed E-state index contributed by atoms with van der Waals surface area (Å²) in [5.41, 5.74) is 7.84. The molecule has 46 heavy (non-hydrogen) atoms. The monoisotopic (exact) mass is 778 g/mol.